The summed E-state index contributed by atoms with van der Waals surface area (Å²) in [5.41, 5.74) is 2.24. The molecule has 14 nitrogen and oxygen atoms in total. The van der Waals surface area contributed by atoms with E-state index in [1.807, 2.05) is 0 Å². The molecule has 0 saturated carbocycles. The van der Waals surface area contributed by atoms with Gasteiger partial charge in [0, 0.05) is 50.9 Å². The summed E-state index contributed by atoms with van der Waals surface area (Å²) in [5.74, 6) is -2.87. The maximum Gasteiger partial charge on any atom is 0.330 e. The van der Waals surface area contributed by atoms with Gasteiger partial charge in [0.2, 0.25) is 0 Å². The van der Waals surface area contributed by atoms with Gasteiger partial charge >= 0.3 is 5.97 Å². The molecule has 6 amide bonds. The molecule has 0 atom stereocenters. The third-order valence-corrected chi connectivity index (χ3v) is 5.77. The lowest BCUT2D eigenvalue weighted by Crippen LogP contribution is -2.31. The van der Waals surface area contributed by atoms with Gasteiger partial charge in [0.25, 0.3) is 35.4 Å². The number of imide groups is 3. The molecular weight excluding hydrogens is 578 g/mol. The summed E-state index contributed by atoms with van der Waals surface area (Å²) in [6.45, 7) is 4.38. The monoisotopic (exact) mass is 607 g/mol. The largest absolute Gasteiger partial charge is 0.508 e. The second kappa shape index (κ2) is 15.5. The molecule has 1 N–H and O–H groups in total. The SMILES string of the molecule is CC(=O)ON1C(=O)C=CC1=O.CC(=O)c1ccc(C)c(O)c1.CN1C(=O)C=CC1=O.COCN1C(=O)c2ccccc2C1=O. The van der Waals surface area contributed by atoms with Crippen LogP contribution < -0.4 is 0 Å². The van der Waals surface area contributed by atoms with Crippen LogP contribution in [0, 0.1) is 6.92 Å². The van der Waals surface area contributed by atoms with Crippen LogP contribution in [0.1, 0.15) is 50.5 Å². The number of aromatic hydroxyl groups is 1. The second-order valence-electron chi connectivity index (χ2n) is 9.02. The number of nitrogens with zero attached hydrogens (tertiary/aromatic N) is 3. The lowest BCUT2D eigenvalue weighted by atomic mass is 10.1. The Kier molecular flexibility index (Phi) is 12.1. The van der Waals surface area contributed by atoms with Crippen LogP contribution in [0.5, 0.6) is 5.75 Å². The Bertz CT molecular complexity index is 1500. The number of hydrogen-bond donors (Lipinski definition) is 1. The van der Waals surface area contributed by atoms with Gasteiger partial charge in [-0.05, 0) is 37.6 Å². The van der Waals surface area contributed by atoms with Gasteiger partial charge in [-0.3, -0.25) is 43.4 Å². The standard InChI is InChI=1S/C10H9NO3.C9H10O2.C6H5NO4.C5H5NO2/c1-14-6-11-9(12)7-4-2-3-5-8(7)10(11)13;1-6-3-4-8(7(2)10)5-9(6)11;1-4(8)11-7-5(9)2-3-6(7)10;1-6-4(7)2-3-5(6)8/h2-5H,6H2,1H3;3-5,11H,1-2H3;2-3H,1H3;2-3H,1H3. The summed E-state index contributed by atoms with van der Waals surface area (Å²) in [6, 6.07) is 11.7. The molecule has 14 heteroatoms. The average Bonchev–Trinajstić information content (AvgIpc) is 3.55. The molecule has 0 radical (unpaired) electrons. The van der Waals surface area contributed by atoms with Crippen molar-refractivity contribution in [1.29, 1.82) is 0 Å². The summed E-state index contributed by atoms with van der Waals surface area (Å²) in [6.07, 6.45) is 4.57. The first-order valence-electron chi connectivity index (χ1n) is 12.7. The Labute approximate surface area is 251 Å². The van der Waals surface area contributed by atoms with Crippen molar-refractivity contribution < 1.29 is 53.0 Å². The fourth-order valence-electron chi connectivity index (χ4n) is 3.39. The second-order valence-corrected chi connectivity index (χ2v) is 9.02. The Hall–Kier alpha value is -5.76. The molecule has 0 unspecified atom stereocenters. The van der Waals surface area contributed by atoms with E-state index in [9.17, 15) is 43.5 Å². The molecule has 44 heavy (non-hydrogen) atoms. The first-order valence-corrected chi connectivity index (χ1v) is 12.7. The van der Waals surface area contributed by atoms with Crippen LogP contribution in [0.2, 0.25) is 0 Å². The zero-order valence-corrected chi connectivity index (χ0v) is 24.4. The number of phenolic OH excluding ortho intramolecular Hbond substituents is 1. The summed E-state index contributed by atoms with van der Waals surface area (Å²) in [4.78, 5) is 92.9. The van der Waals surface area contributed by atoms with E-state index >= 15 is 0 Å². The molecular formula is C30H29N3O11. The minimum atomic E-state index is -0.699. The number of carbonyl (C=O) groups is 8. The Balaban J connectivity index is 0.000000208. The highest BCUT2D eigenvalue weighted by Crippen LogP contribution is 2.21. The van der Waals surface area contributed by atoms with Crippen LogP contribution in [0.4, 0.5) is 0 Å². The minimum absolute atomic E-state index is 0.00630. The molecule has 3 aliphatic heterocycles. The topological polar surface area (TPSA) is 185 Å². The normalized spacial score (nSPS) is 14.4. The van der Waals surface area contributed by atoms with Gasteiger partial charge in [-0.15, -0.1) is 0 Å². The van der Waals surface area contributed by atoms with Gasteiger partial charge in [0.1, 0.15) is 12.5 Å². The van der Waals surface area contributed by atoms with Gasteiger partial charge in [0.15, 0.2) is 5.78 Å². The number of ketones is 1. The van der Waals surface area contributed by atoms with Gasteiger partial charge < -0.3 is 14.7 Å². The fraction of sp³-hybridized carbons (Fsp3) is 0.200. The van der Waals surface area contributed by atoms with Crippen LogP contribution in [0.3, 0.4) is 0 Å². The summed E-state index contributed by atoms with van der Waals surface area (Å²) in [5, 5.41) is 9.60. The smallest absolute Gasteiger partial charge is 0.330 e. The highest BCUT2D eigenvalue weighted by atomic mass is 16.7. The van der Waals surface area contributed by atoms with Crippen molar-refractivity contribution in [2.75, 3.05) is 20.9 Å². The van der Waals surface area contributed by atoms with Crippen LogP contribution in [0.25, 0.3) is 0 Å². The number of amides is 6. The van der Waals surface area contributed by atoms with Gasteiger partial charge in [-0.25, -0.2) is 4.79 Å². The van der Waals surface area contributed by atoms with Crippen molar-refractivity contribution in [3.05, 3.63) is 89.0 Å². The number of hydroxylamine groups is 2. The van der Waals surface area contributed by atoms with E-state index in [4.69, 9.17) is 4.74 Å². The molecule has 0 aromatic heterocycles. The molecule has 0 fully saturated rings. The molecule has 0 saturated heterocycles. The van der Waals surface area contributed by atoms with Gasteiger partial charge in [-0.2, -0.15) is 0 Å². The molecule has 2 aromatic rings. The van der Waals surface area contributed by atoms with E-state index < -0.39 is 17.8 Å². The number of ether oxygens (including phenoxy) is 1. The van der Waals surface area contributed by atoms with E-state index in [1.54, 1.807) is 43.3 Å². The highest BCUT2D eigenvalue weighted by Gasteiger charge is 2.34. The number of benzene rings is 2. The molecule has 5 rings (SSSR count). The number of hydrogen-bond acceptors (Lipinski definition) is 11. The summed E-state index contributed by atoms with van der Waals surface area (Å²) in [7, 11) is 2.90. The van der Waals surface area contributed by atoms with Crippen molar-refractivity contribution >= 4 is 47.2 Å². The van der Waals surface area contributed by atoms with Crippen LogP contribution in [-0.4, -0.2) is 88.1 Å². The number of rotatable bonds is 4. The molecule has 0 spiro atoms. The van der Waals surface area contributed by atoms with Crippen LogP contribution in [-0.2, 0) is 33.5 Å². The van der Waals surface area contributed by atoms with Gasteiger partial charge in [0.05, 0.1) is 11.1 Å². The molecule has 3 aliphatic rings. The van der Waals surface area contributed by atoms with E-state index in [0.29, 0.717) is 21.8 Å². The third kappa shape index (κ3) is 8.87. The Morgan fingerprint density at radius 1 is 0.773 bits per heavy atom. The van der Waals surface area contributed by atoms with E-state index in [-0.39, 0.29) is 41.9 Å². The number of phenols is 1. The van der Waals surface area contributed by atoms with Crippen molar-refractivity contribution in [2.24, 2.45) is 0 Å². The van der Waals surface area contributed by atoms with Crippen LogP contribution >= 0.6 is 0 Å². The molecule has 3 heterocycles. The lowest BCUT2D eigenvalue weighted by molar-refractivity contribution is -0.194. The summed E-state index contributed by atoms with van der Waals surface area (Å²) < 4.78 is 4.78. The maximum atomic E-state index is 11.6. The number of fused-ring (bicyclic) bond motifs is 1. The van der Waals surface area contributed by atoms with Gasteiger partial charge in [-0.1, -0.05) is 29.3 Å². The molecule has 2 aromatic carbocycles. The molecule has 0 bridgehead atoms. The zero-order valence-electron chi connectivity index (χ0n) is 24.4. The van der Waals surface area contributed by atoms with Crippen molar-refractivity contribution in [2.45, 2.75) is 20.8 Å². The van der Waals surface area contributed by atoms with E-state index in [1.165, 1.54) is 39.3 Å². The number of aryl methyl sites for hydroxylation is 1. The lowest BCUT2D eigenvalue weighted by Gasteiger charge is -2.10. The molecule has 0 aliphatic carbocycles. The minimum Gasteiger partial charge on any atom is -0.508 e. The first kappa shape index (κ1) is 34.4. The quantitative estimate of drug-likeness (QED) is 0.394. The number of likely N-dealkylation sites (N-methyl/N-ethyl adjacent to an activating group) is 1. The van der Waals surface area contributed by atoms with Crippen LogP contribution in [0.15, 0.2) is 66.8 Å². The predicted molar refractivity (Wildman–Crippen MR) is 151 cm³/mol. The fourth-order valence-corrected chi connectivity index (χ4v) is 3.39. The first-order chi connectivity index (χ1) is 20.7. The number of Topliss-reactive ketones (excluding diaryl/α,β-unsaturated/α-hetero) is 1. The van der Waals surface area contributed by atoms with Crippen molar-refractivity contribution in [1.82, 2.24) is 14.9 Å². The third-order valence-electron chi connectivity index (χ3n) is 5.77. The Morgan fingerprint density at radius 3 is 1.61 bits per heavy atom. The van der Waals surface area contributed by atoms with Crippen molar-refractivity contribution in [3.8, 4) is 5.75 Å². The van der Waals surface area contributed by atoms with Crippen molar-refractivity contribution in [3.63, 3.8) is 0 Å². The maximum absolute atomic E-state index is 11.6. The Morgan fingerprint density at radius 2 is 1.25 bits per heavy atom. The highest BCUT2D eigenvalue weighted by molar-refractivity contribution is 6.21. The van der Waals surface area contributed by atoms with E-state index in [2.05, 4.69) is 4.84 Å². The number of carbonyl (C=O) groups excluding carboxylic acids is 8. The average molecular weight is 608 g/mol. The zero-order chi connectivity index (χ0) is 33.1. The van der Waals surface area contributed by atoms with E-state index in [0.717, 1.165) is 34.4 Å². The number of methoxy groups -OCH3 is 1. The molecule has 230 valence electrons. The summed E-state index contributed by atoms with van der Waals surface area (Å²) >= 11 is 0. The predicted octanol–water partition coefficient (Wildman–Crippen LogP) is 1.72.